The van der Waals surface area contributed by atoms with Gasteiger partial charge in [0.1, 0.15) is 77.5 Å². The number of primary amides is 2. The number of aliphatic hydroxyl groups is 1. The second-order valence-electron chi connectivity index (χ2n) is 32.8. The number of amides is 12. The van der Waals surface area contributed by atoms with E-state index in [0.29, 0.717) is 73.2 Å². The van der Waals surface area contributed by atoms with E-state index in [1.807, 2.05) is 13.8 Å². The van der Waals surface area contributed by atoms with E-state index in [1.165, 1.54) is 61.9 Å². The summed E-state index contributed by atoms with van der Waals surface area (Å²) in [4.78, 5) is 205. The van der Waals surface area contributed by atoms with Crippen molar-refractivity contribution >= 4 is 87.7 Å². The van der Waals surface area contributed by atoms with Gasteiger partial charge in [0.25, 0.3) is 5.91 Å². The maximum atomic E-state index is 15.2. The number of nitrogens with two attached hydrogens (primary N) is 2. The van der Waals surface area contributed by atoms with Crippen LogP contribution in [-0.4, -0.2) is 251 Å². The van der Waals surface area contributed by atoms with Gasteiger partial charge in [-0.2, -0.15) is 0 Å². The van der Waals surface area contributed by atoms with Crippen LogP contribution in [0.25, 0.3) is 0 Å². The van der Waals surface area contributed by atoms with Crippen LogP contribution >= 0.6 is 0 Å². The molecule has 0 radical (unpaired) electrons. The molecule has 0 bridgehead atoms. The number of fused-ring (bicyclic) bond motifs is 5. The molecular formula is C76H108N16O18S. The molecule has 35 heteroatoms. The predicted octanol–water partition coefficient (Wildman–Crippen LogP) is 0.373. The molecule has 1 spiro atoms. The molecule has 11 rings (SSSR count). The average molecular weight is 1570 g/mol. The molecule has 2 aliphatic carbocycles. The van der Waals surface area contributed by atoms with E-state index in [0.717, 1.165) is 12.8 Å². The van der Waals surface area contributed by atoms with Crippen molar-refractivity contribution in [2.75, 3.05) is 38.2 Å². The van der Waals surface area contributed by atoms with Crippen molar-refractivity contribution in [3.05, 3.63) is 59.2 Å². The number of phenols is 1. The normalized spacial score (nSPS) is 26.4. The summed E-state index contributed by atoms with van der Waals surface area (Å²) >= 11 is 0. The van der Waals surface area contributed by atoms with Gasteiger partial charge in [0.15, 0.2) is 0 Å². The maximum absolute atomic E-state index is 15.2. The number of aromatic nitrogens is 4. The molecule has 2 unspecified atom stereocenters. The first-order chi connectivity index (χ1) is 52.6. The predicted molar refractivity (Wildman–Crippen MR) is 399 cm³/mol. The number of aromatic amines is 2. The highest BCUT2D eigenvalue weighted by atomic mass is 32.2. The molecule has 2 aromatic heterocycles. The summed E-state index contributed by atoms with van der Waals surface area (Å²) in [6.07, 6.45) is 9.79. The number of hydrogen-bond donors (Lipinski definition) is 12. The highest BCUT2D eigenvalue weighted by Gasteiger charge is 2.67. The van der Waals surface area contributed by atoms with Crippen molar-refractivity contribution in [3.8, 4) is 11.5 Å². The Morgan fingerprint density at radius 2 is 1.14 bits per heavy atom. The molecule has 4 saturated heterocycles. The lowest BCUT2D eigenvalue weighted by Gasteiger charge is -2.64. The van der Waals surface area contributed by atoms with Crippen LogP contribution in [0.1, 0.15) is 190 Å². The third-order valence-electron chi connectivity index (χ3n) is 24.9. The van der Waals surface area contributed by atoms with E-state index < -0.39 is 183 Å². The van der Waals surface area contributed by atoms with Gasteiger partial charge in [-0.05, 0) is 132 Å². The van der Waals surface area contributed by atoms with Crippen molar-refractivity contribution in [3.63, 3.8) is 0 Å². The standard InChI is InChI=1S/C76H108N16O18S/c1-40(2)30-51(71(105)90-27-10-14-55(90)72(106)91-28-11-15-56(91)73(107)108)87-66(100)53-13-9-26-89(53)70(104)48(18-21-61(78)96)83-63(97)49(31-42-35-79-38-81-42)85-65(99)52-12-8-25-88(52)69(103)47(17-20-60(77)95)84-64(98)50(32-43-36-80-39-82-43)86-67(101)54(23-29-111(7)109)92-37-46-44(68(92)102)33-57(93)45-34-76(110-62(45)46)41(3)16-19-58-74(4,5)59(94)22-24-75(58,76)6/h33,35-36,38-41,47-56,58-59,93-94H,8-32,34,37H2,1-7H3,(H2,77,95)(H2,78,96)(H,79,81)(H,80,82)(H,83,97)(H,84,98)(H,85,99)(H,86,101)(H,87,100)(H,107,108)/t41-,47+,48+,49+,50+,51+,52+,53+,54?,55+,56+,58+,59-,75+,76-,111?/m1/s1. The lowest BCUT2D eigenvalue weighted by atomic mass is 9.43. The molecule has 8 heterocycles. The Labute approximate surface area is 646 Å². The summed E-state index contributed by atoms with van der Waals surface area (Å²) in [5.74, 6) is -10.2. The zero-order chi connectivity index (χ0) is 80.3. The number of aliphatic carboxylic acids is 1. The number of benzene rings is 1. The molecule has 16 atom stereocenters. The average Bonchev–Trinajstić information content (AvgIpc) is 1.60. The summed E-state index contributed by atoms with van der Waals surface area (Å²) in [5.41, 5.74) is 11.4. The smallest absolute Gasteiger partial charge is 0.326 e. The highest BCUT2D eigenvalue weighted by Crippen LogP contribution is 2.67. The first kappa shape index (κ1) is 82.4. The number of imidazole rings is 2. The number of nitrogens with one attached hydrogen (secondary N) is 7. The van der Waals surface area contributed by atoms with Gasteiger partial charge in [-0.15, -0.1) is 0 Å². The van der Waals surface area contributed by atoms with Crippen molar-refractivity contribution in [1.29, 1.82) is 0 Å². The van der Waals surface area contributed by atoms with Gasteiger partial charge >= 0.3 is 5.97 Å². The molecule has 8 aliphatic rings. The minimum atomic E-state index is -1.58. The maximum Gasteiger partial charge on any atom is 0.326 e. The lowest BCUT2D eigenvalue weighted by molar-refractivity contribution is -0.210. The van der Waals surface area contributed by atoms with Crippen molar-refractivity contribution in [1.82, 2.24) is 71.0 Å². The van der Waals surface area contributed by atoms with E-state index in [2.05, 4.69) is 74.2 Å². The lowest BCUT2D eigenvalue weighted by Crippen LogP contribution is -2.66. The number of carboxylic acids is 1. The van der Waals surface area contributed by atoms with Crippen molar-refractivity contribution in [2.24, 2.45) is 40.1 Å². The Morgan fingerprint density at radius 3 is 1.66 bits per heavy atom. The Balaban J connectivity index is 0.786. The number of ether oxygens (including phenoxy) is 1. The number of aromatic hydroxyl groups is 1. The SMILES string of the molecule is CC(C)C[C@H](NC(=O)[C@@H]1CCCN1C(=O)[C@H](CCC(N)=O)NC(=O)[C@H](Cc1cnc[nH]1)NC(=O)[C@@H]1CCCN1C(=O)[C@H](CCC(N)=O)NC(=O)[C@H](Cc1cnc[nH]1)NC(=O)C(CCS(C)=O)N1Cc2c(cc(O)c3c2O[C@]2(C3)[C@H](C)CC[C@H]3C(C)(C)[C@H](O)CC[C@@]32C)C1=O)C(=O)N1CCC[C@H]1C(=O)N1CCC[C@H]1C(=O)O. The fraction of sp³-hybridized carbons (Fsp3) is 0.671. The fourth-order valence-electron chi connectivity index (χ4n) is 19.0. The van der Waals surface area contributed by atoms with Crippen LogP contribution in [0.2, 0.25) is 0 Å². The number of carbonyl (C=O) groups excluding carboxylic acids is 12. The van der Waals surface area contributed by atoms with Crippen LogP contribution < -0.4 is 42.8 Å². The van der Waals surface area contributed by atoms with Crippen molar-refractivity contribution < 1.29 is 86.6 Å². The van der Waals surface area contributed by atoms with Gasteiger partial charge in [-0.1, -0.05) is 41.5 Å². The van der Waals surface area contributed by atoms with E-state index in [-0.39, 0.29) is 132 Å². The Bertz CT molecular complexity index is 4080. The molecular weight excluding hydrogens is 1460 g/mol. The Hall–Kier alpha value is -9.54. The summed E-state index contributed by atoms with van der Waals surface area (Å²) in [7, 11) is -1.49. The van der Waals surface area contributed by atoms with Crippen LogP contribution in [-0.2, 0) is 94.1 Å². The quantitative estimate of drug-likeness (QED) is 0.0414. The largest absolute Gasteiger partial charge is 0.508 e. The molecule has 606 valence electrons. The third kappa shape index (κ3) is 17.3. The molecule has 1 aromatic carbocycles. The zero-order valence-electron chi connectivity index (χ0n) is 64.2. The molecule has 34 nitrogen and oxygen atoms in total. The second kappa shape index (κ2) is 34.2. The highest BCUT2D eigenvalue weighted by molar-refractivity contribution is 7.84. The monoisotopic (exact) mass is 1560 g/mol. The van der Waals surface area contributed by atoms with Gasteiger partial charge in [0.05, 0.1) is 30.9 Å². The number of hydrogen-bond acceptors (Lipinski definition) is 19. The van der Waals surface area contributed by atoms with Crippen LogP contribution in [0.3, 0.4) is 0 Å². The van der Waals surface area contributed by atoms with E-state index in [4.69, 9.17) is 16.2 Å². The van der Waals surface area contributed by atoms with Gasteiger partial charge in [-0.3, -0.25) is 61.7 Å². The minimum absolute atomic E-state index is 0.00999. The fourth-order valence-corrected chi connectivity index (χ4v) is 19.6. The van der Waals surface area contributed by atoms with Gasteiger partial charge in [0.2, 0.25) is 65.0 Å². The molecule has 6 fully saturated rings. The van der Waals surface area contributed by atoms with E-state index >= 15 is 14.4 Å². The molecule has 3 aromatic rings. The van der Waals surface area contributed by atoms with Gasteiger partial charge in [-0.25, -0.2) is 14.8 Å². The number of H-pyrrole nitrogens is 2. The first-order valence-electron chi connectivity index (χ1n) is 39.0. The van der Waals surface area contributed by atoms with E-state index in [1.54, 1.807) is 0 Å². The molecule has 14 N–H and O–H groups in total. The van der Waals surface area contributed by atoms with Crippen LogP contribution in [0.4, 0.5) is 0 Å². The second-order valence-corrected chi connectivity index (χ2v) is 34.4. The molecule has 12 amide bonds. The summed E-state index contributed by atoms with van der Waals surface area (Å²) in [5, 5.41) is 46.8. The minimum Gasteiger partial charge on any atom is -0.508 e. The van der Waals surface area contributed by atoms with Crippen LogP contribution in [0, 0.1) is 28.6 Å². The molecule has 2 saturated carbocycles. The molecule has 6 aliphatic heterocycles. The number of phenolic OH excluding ortho intramolecular Hbond substituents is 1. The Kier molecular flexibility index (Phi) is 25.4. The number of carbonyl (C=O) groups is 13. The molecule has 111 heavy (non-hydrogen) atoms. The van der Waals surface area contributed by atoms with Crippen LogP contribution in [0.15, 0.2) is 31.1 Å². The number of aliphatic hydroxyl groups excluding tert-OH is 1. The van der Waals surface area contributed by atoms with Crippen molar-refractivity contribution in [2.45, 2.75) is 255 Å². The number of carboxylic acid groups (broad SMARTS) is 1. The number of rotatable bonds is 31. The number of likely N-dealkylation sites (tertiary alicyclic amines) is 4. The van der Waals surface area contributed by atoms with E-state index in [9.17, 15) is 67.5 Å². The van der Waals surface area contributed by atoms with Crippen LogP contribution in [0.5, 0.6) is 11.5 Å². The Morgan fingerprint density at radius 1 is 0.649 bits per heavy atom. The third-order valence-corrected chi connectivity index (χ3v) is 25.7. The summed E-state index contributed by atoms with van der Waals surface area (Å²) < 4.78 is 20.2. The topological polar surface area (TPSA) is 495 Å². The van der Waals surface area contributed by atoms with Gasteiger partial charge in [0, 0.05) is 121 Å². The first-order valence-corrected chi connectivity index (χ1v) is 40.7. The zero-order valence-corrected chi connectivity index (χ0v) is 65.0. The number of nitrogens with zero attached hydrogens (tertiary/aromatic N) is 7. The summed E-state index contributed by atoms with van der Waals surface area (Å²) in [6, 6.07) is -11.7. The summed E-state index contributed by atoms with van der Waals surface area (Å²) in [6.45, 7) is 12.4. The van der Waals surface area contributed by atoms with Gasteiger partial charge < -0.3 is 92.6 Å².